The summed E-state index contributed by atoms with van der Waals surface area (Å²) in [6.45, 7) is 0. The van der Waals surface area contributed by atoms with Gasteiger partial charge in [0.2, 0.25) is 0 Å². The van der Waals surface area contributed by atoms with Crippen molar-refractivity contribution in [2.24, 2.45) is 0 Å². The zero-order valence-electron chi connectivity index (χ0n) is 10.2. The minimum absolute atomic E-state index is 0.254. The van der Waals surface area contributed by atoms with E-state index in [1.807, 2.05) is 6.07 Å². The smallest absolute Gasteiger partial charge is 0.165 e. The number of halogens is 1. The number of hydrogen-bond acceptors (Lipinski definition) is 2. The Morgan fingerprint density at radius 3 is 2.59 bits per heavy atom. The van der Waals surface area contributed by atoms with Gasteiger partial charge >= 0.3 is 0 Å². The highest BCUT2D eigenvalue weighted by Crippen LogP contribution is 2.31. The van der Waals surface area contributed by atoms with Crippen LogP contribution in [0, 0.1) is 5.82 Å². The highest BCUT2D eigenvalue weighted by molar-refractivity contribution is 5.30. The first-order valence-electron chi connectivity index (χ1n) is 6.18. The van der Waals surface area contributed by atoms with Crippen LogP contribution in [0.3, 0.4) is 0 Å². The van der Waals surface area contributed by atoms with Crippen LogP contribution in [-0.2, 0) is 6.42 Å². The van der Waals surface area contributed by atoms with Crippen LogP contribution < -0.4 is 4.74 Å². The maximum absolute atomic E-state index is 13.5. The number of aliphatic hydroxyl groups is 1. The van der Waals surface area contributed by atoms with Gasteiger partial charge in [0, 0.05) is 6.42 Å². The second-order valence-electron chi connectivity index (χ2n) is 4.93. The number of rotatable bonds is 3. The first-order valence-corrected chi connectivity index (χ1v) is 6.18. The Morgan fingerprint density at radius 2 is 2.00 bits per heavy atom. The van der Waals surface area contributed by atoms with E-state index in [0.717, 1.165) is 31.2 Å². The Hall–Kier alpha value is -1.09. The van der Waals surface area contributed by atoms with Gasteiger partial charge in [-0.3, -0.25) is 0 Å². The molecule has 0 unspecified atom stereocenters. The van der Waals surface area contributed by atoms with E-state index >= 15 is 0 Å². The van der Waals surface area contributed by atoms with Crippen LogP contribution in [0.15, 0.2) is 18.2 Å². The minimum atomic E-state index is -0.640. The standard InChI is InChI=1S/C14H19FO2/c1-17-13-6-5-11(9-12(13)15)10-14(16)7-3-2-4-8-14/h5-6,9,16H,2-4,7-8,10H2,1H3. The zero-order chi connectivity index (χ0) is 12.3. The van der Waals surface area contributed by atoms with Gasteiger partial charge in [-0.2, -0.15) is 0 Å². The summed E-state index contributed by atoms with van der Waals surface area (Å²) in [5.74, 6) is -0.103. The molecule has 94 valence electrons. The molecule has 1 fully saturated rings. The van der Waals surface area contributed by atoms with Gasteiger partial charge < -0.3 is 9.84 Å². The average Bonchev–Trinajstić information content (AvgIpc) is 2.29. The third-order valence-corrected chi connectivity index (χ3v) is 3.53. The predicted molar refractivity (Wildman–Crippen MR) is 64.7 cm³/mol. The van der Waals surface area contributed by atoms with Gasteiger partial charge in [0.05, 0.1) is 12.7 Å². The molecular weight excluding hydrogens is 219 g/mol. The lowest BCUT2D eigenvalue weighted by molar-refractivity contribution is 0.00443. The highest BCUT2D eigenvalue weighted by Gasteiger charge is 2.29. The molecule has 1 aliphatic rings. The Bertz CT molecular complexity index is 384. The largest absolute Gasteiger partial charge is 0.494 e. The quantitative estimate of drug-likeness (QED) is 0.877. The van der Waals surface area contributed by atoms with Crippen molar-refractivity contribution in [1.29, 1.82) is 0 Å². The molecule has 3 heteroatoms. The van der Waals surface area contributed by atoms with Crippen molar-refractivity contribution in [3.8, 4) is 5.75 Å². The summed E-state index contributed by atoms with van der Waals surface area (Å²) in [6, 6.07) is 4.91. The van der Waals surface area contributed by atoms with Crippen LogP contribution in [0.5, 0.6) is 5.75 Å². The van der Waals surface area contributed by atoms with Gasteiger partial charge in [0.15, 0.2) is 11.6 Å². The van der Waals surface area contributed by atoms with E-state index in [-0.39, 0.29) is 11.6 Å². The second kappa shape index (κ2) is 5.05. The minimum Gasteiger partial charge on any atom is -0.494 e. The fourth-order valence-corrected chi connectivity index (χ4v) is 2.59. The van der Waals surface area contributed by atoms with Gasteiger partial charge in [0.1, 0.15) is 0 Å². The molecule has 1 aromatic carbocycles. The monoisotopic (exact) mass is 238 g/mol. The molecular formula is C14H19FO2. The molecule has 0 atom stereocenters. The maximum Gasteiger partial charge on any atom is 0.165 e. The average molecular weight is 238 g/mol. The first-order chi connectivity index (χ1) is 8.13. The van der Waals surface area contributed by atoms with Gasteiger partial charge in [-0.05, 0) is 30.5 Å². The van der Waals surface area contributed by atoms with Crippen molar-refractivity contribution < 1.29 is 14.2 Å². The Morgan fingerprint density at radius 1 is 1.29 bits per heavy atom. The fourth-order valence-electron chi connectivity index (χ4n) is 2.59. The SMILES string of the molecule is COc1ccc(CC2(O)CCCCC2)cc1F. The molecule has 0 spiro atoms. The van der Waals surface area contributed by atoms with Crippen LogP contribution in [0.25, 0.3) is 0 Å². The Balaban J connectivity index is 2.10. The summed E-state index contributed by atoms with van der Waals surface area (Å²) in [7, 11) is 1.45. The molecule has 17 heavy (non-hydrogen) atoms. The lowest BCUT2D eigenvalue weighted by Crippen LogP contribution is -2.33. The van der Waals surface area contributed by atoms with E-state index in [1.165, 1.54) is 19.6 Å². The summed E-state index contributed by atoms with van der Waals surface area (Å²) in [5, 5.41) is 10.4. The van der Waals surface area contributed by atoms with Crippen LogP contribution in [0.2, 0.25) is 0 Å². The lowest BCUT2D eigenvalue weighted by Gasteiger charge is -2.32. The van der Waals surface area contributed by atoms with Crippen molar-refractivity contribution in [2.45, 2.75) is 44.1 Å². The molecule has 1 N–H and O–H groups in total. The lowest BCUT2D eigenvalue weighted by atomic mass is 9.80. The Labute approximate surface area is 101 Å². The van der Waals surface area contributed by atoms with E-state index in [9.17, 15) is 9.50 Å². The summed E-state index contributed by atoms with van der Waals surface area (Å²) >= 11 is 0. The van der Waals surface area contributed by atoms with Crippen molar-refractivity contribution in [1.82, 2.24) is 0 Å². The summed E-state index contributed by atoms with van der Waals surface area (Å²) in [4.78, 5) is 0. The molecule has 1 aliphatic carbocycles. The first kappa shape index (κ1) is 12.4. The van der Waals surface area contributed by atoms with Crippen LogP contribution in [0.1, 0.15) is 37.7 Å². The summed E-state index contributed by atoms with van der Waals surface area (Å²) < 4.78 is 18.4. The van der Waals surface area contributed by atoms with E-state index in [2.05, 4.69) is 0 Å². The van der Waals surface area contributed by atoms with Gasteiger partial charge in [0.25, 0.3) is 0 Å². The molecule has 2 rings (SSSR count). The van der Waals surface area contributed by atoms with Crippen molar-refractivity contribution >= 4 is 0 Å². The summed E-state index contributed by atoms with van der Waals surface area (Å²) in [6.07, 6.45) is 5.50. The van der Waals surface area contributed by atoms with Gasteiger partial charge in [-0.25, -0.2) is 4.39 Å². The van der Waals surface area contributed by atoms with E-state index in [1.54, 1.807) is 6.07 Å². The number of hydrogen-bond donors (Lipinski definition) is 1. The van der Waals surface area contributed by atoms with E-state index in [0.29, 0.717) is 6.42 Å². The fraction of sp³-hybridized carbons (Fsp3) is 0.571. The van der Waals surface area contributed by atoms with Crippen molar-refractivity contribution in [3.63, 3.8) is 0 Å². The molecule has 0 amide bonds. The van der Waals surface area contributed by atoms with Crippen LogP contribution >= 0.6 is 0 Å². The summed E-state index contributed by atoms with van der Waals surface area (Å²) in [5.41, 5.74) is 0.201. The molecule has 2 nitrogen and oxygen atoms in total. The molecule has 0 radical (unpaired) electrons. The zero-order valence-corrected chi connectivity index (χ0v) is 10.2. The highest BCUT2D eigenvalue weighted by atomic mass is 19.1. The number of ether oxygens (including phenoxy) is 1. The molecule has 0 saturated heterocycles. The molecule has 1 aromatic rings. The van der Waals surface area contributed by atoms with E-state index in [4.69, 9.17) is 4.74 Å². The Kier molecular flexibility index (Phi) is 3.67. The molecule has 0 aromatic heterocycles. The molecule has 0 bridgehead atoms. The number of benzene rings is 1. The van der Waals surface area contributed by atoms with E-state index < -0.39 is 5.60 Å². The van der Waals surface area contributed by atoms with Crippen molar-refractivity contribution in [3.05, 3.63) is 29.6 Å². The maximum atomic E-state index is 13.5. The second-order valence-corrected chi connectivity index (χ2v) is 4.93. The van der Waals surface area contributed by atoms with Crippen LogP contribution in [0.4, 0.5) is 4.39 Å². The van der Waals surface area contributed by atoms with Gasteiger partial charge in [-0.1, -0.05) is 25.3 Å². The molecule has 1 saturated carbocycles. The number of methoxy groups -OCH3 is 1. The third-order valence-electron chi connectivity index (χ3n) is 3.53. The van der Waals surface area contributed by atoms with Gasteiger partial charge in [-0.15, -0.1) is 0 Å². The topological polar surface area (TPSA) is 29.5 Å². The third kappa shape index (κ3) is 2.97. The van der Waals surface area contributed by atoms with Crippen LogP contribution in [-0.4, -0.2) is 17.8 Å². The molecule has 0 heterocycles. The normalized spacial score (nSPS) is 19.0. The van der Waals surface area contributed by atoms with Crippen molar-refractivity contribution in [2.75, 3.05) is 7.11 Å². The predicted octanol–water partition coefficient (Wildman–Crippen LogP) is 3.07. The molecule has 0 aliphatic heterocycles.